The number of anilines is 1. The van der Waals surface area contributed by atoms with Crippen molar-refractivity contribution in [3.8, 4) is 11.8 Å². The molecule has 7 unspecified atom stereocenters. The topological polar surface area (TPSA) is 119 Å². The van der Waals surface area contributed by atoms with Crippen LogP contribution in [0.25, 0.3) is 0 Å². The molecule has 6 rings (SSSR count). The zero-order chi connectivity index (χ0) is 32.1. The fourth-order valence-electron chi connectivity index (χ4n) is 10.8. The maximum atomic E-state index is 14.7. The number of allylic oxidation sites excluding steroid dienone is 4. The Morgan fingerprint density at radius 1 is 0.955 bits per heavy atom. The van der Waals surface area contributed by atoms with Crippen molar-refractivity contribution in [2.45, 2.75) is 99.0 Å². The van der Waals surface area contributed by atoms with Crippen molar-refractivity contribution in [1.29, 1.82) is 5.26 Å². The van der Waals surface area contributed by atoms with Crippen molar-refractivity contribution in [2.75, 3.05) is 5.32 Å². The van der Waals surface area contributed by atoms with E-state index in [-0.39, 0.29) is 62.9 Å². The van der Waals surface area contributed by atoms with E-state index in [2.05, 4.69) is 51.3 Å². The van der Waals surface area contributed by atoms with Crippen LogP contribution in [0.2, 0.25) is 0 Å². The van der Waals surface area contributed by atoms with Crippen LogP contribution in [0.1, 0.15) is 93.4 Å². The molecule has 44 heavy (non-hydrogen) atoms. The smallest absolute Gasteiger partial charge is 0.319 e. The van der Waals surface area contributed by atoms with Gasteiger partial charge in [0, 0.05) is 28.0 Å². The number of rotatable bonds is 2. The molecular formula is C37H47N3O4. The lowest BCUT2D eigenvalue weighted by Gasteiger charge is -2.69. The molecule has 0 bridgehead atoms. The van der Waals surface area contributed by atoms with E-state index in [4.69, 9.17) is 0 Å². The van der Waals surface area contributed by atoms with Gasteiger partial charge in [-0.15, -0.1) is 0 Å². The van der Waals surface area contributed by atoms with Crippen molar-refractivity contribution < 1.29 is 19.5 Å². The first-order chi connectivity index (χ1) is 20.4. The second-order valence-electron chi connectivity index (χ2n) is 16.5. The highest BCUT2D eigenvalue weighted by molar-refractivity contribution is 6.04. The highest BCUT2D eigenvalue weighted by Crippen LogP contribution is 2.73. The minimum Gasteiger partial charge on any atom is -0.508 e. The van der Waals surface area contributed by atoms with Crippen LogP contribution >= 0.6 is 0 Å². The molecule has 1 aromatic carbocycles. The summed E-state index contributed by atoms with van der Waals surface area (Å²) in [5, 5.41) is 26.0. The van der Waals surface area contributed by atoms with Gasteiger partial charge in [-0.25, -0.2) is 4.79 Å². The molecular weight excluding hydrogens is 550 g/mol. The van der Waals surface area contributed by atoms with E-state index in [1.165, 1.54) is 0 Å². The van der Waals surface area contributed by atoms with E-state index in [1.54, 1.807) is 24.3 Å². The Morgan fingerprint density at radius 2 is 1.61 bits per heavy atom. The van der Waals surface area contributed by atoms with E-state index in [1.807, 2.05) is 26.0 Å². The molecule has 7 heteroatoms. The van der Waals surface area contributed by atoms with Crippen molar-refractivity contribution in [1.82, 2.24) is 5.32 Å². The lowest BCUT2D eigenvalue weighted by molar-refractivity contribution is -0.160. The van der Waals surface area contributed by atoms with E-state index < -0.39 is 16.4 Å². The lowest BCUT2D eigenvalue weighted by atomic mass is 9.35. The molecule has 0 spiro atoms. The molecule has 0 heterocycles. The molecule has 5 aliphatic rings. The monoisotopic (exact) mass is 597 g/mol. The summed E-state index contributed by atoms with van der Waals surface area (Å²) in [5.41, 5.74) is -0.484. The first-order valence-electron chi connectivity index (χ1n) is 16.3. The van der Waals surface area contributed by atoms with Gasteiger partial charge in [0.1, 0.15) is 11.8 Å². The summed E-state index contributed by atoms with van der Waals surface area (Å²) in [6.07, 6.45) is 9.72. The number of nitrogens with zero attached hydrogens (tertiary/aromatic N) is 1. The van der Waals surface area contributed by atoms with Crippen LogP contribution in [0, 0.1) is 56.2 Å². The van der Waals surface area contributed by atoms with Gasteiger partial charge in [-0.05, 0) is 103 Å². The van der Waals surface area contributed by atoms with Crippen LogP contribution in [0.4, 0.5) is 10.5 Å². The highest BCUT2D eigenvalue weighted by atomic mass is 16.3. The van der Waals surface area contributed by atoms with Gasteiger partial charge in [0.05, 0.1) is 5.57 Å². The van der Waals surface area contributed by atoms with Crippen LogP contribution in [-0.4, -0.2) is 28.2 Å². The van der Waals surface area contributed by atoms with Gasteiger partial charge in [-0.3, -0.25) is 9.59 Å². The minimum atomic E-state index is -0.693. The van der Waals surface area contributed by atoms with E-state index >= 15 is 0 Å². The lowest BCUT2D eigenvalue weighted by Crippen LogP contribution is -2.70. The largest absolute Gasteiger partial charge is 0.508 e. The zero-order valence-electron chi connectivity index (χ0n) is 27.3. The Hall–Kier alpha value is -3.40. The van der Waals surface area contributed by atoms with Gasteiger partial charge < -0.3 is 15.7 Å². The highest BCUT2D eigenvalue weighted by Gasteiger charge is 2.70. The van der Waals surface area contributed by atoms with Crippen LogP contribution in [0.3, 0.4) is 0 Å². The van der Waals surface area contributed by atoms with E-state index in [0.29, 0.717) is 5.69 Å². The third-order valence-electron chi connectivity index (χ3n) is 13.3. The van der Waals surface area contributed by atoms with Gasteiger partial charge in [0.2, 0.25) is 0 Å². The number of carbonyl (C=O) groups is 3. The Morgan fingerprint density at radius 3 is 2.27 bits per heavy atom. The summed E-state index contributed by atoms with van der Waals surface area (Å²) in [6, 6.07) is 8.34. The molecule has 3 saturated carbocycles. The van der Waals surface area contributed by atoms with Gasteiger partial charge in [0.25, 0.3) is 0 Å². The molecule has 2 amide bonds. The van der Waals surface area contributed by atoms with Gasteiger partial charge >= 0.3 is 6.03 Å². The predicted molar refractivity (Wildman–Crippen MR) is 169 cm³/mol. The van der Waals surface area contributed by atoms with Crippen molar-refractivity contribution >= 4 is 23.3 Å². The number of Topliss-reactive ketones (excluding diaryl/α,β-unsaturated/α-hetero) is 1. The second kappa shape index (κ2) is 9.55. The number of fused-ring (bicyclic) bond motifs is 7. The fourth-order valence-corrected chi connectivity index (χ4v) is 10.8. The third-order valence-corrected chi connectivity index (χ3v) is 13.3. The Labute approximate surface area is 261 Å². The number of hydrogen-bond acceptors (Lipinski definition) is 5. The van der Waals surface area contributed by atoms with Crippen molar-refractivity contribution in [2.24, 2.45) is 44.8 Å². The number of nitrogens with one attached hydrogen (secondary N) is 2. The van der Waals surface area contributed by atoms with Crippen molar-refractivity contribution in [3.05, 3.63) is 47.6 Å². The number of amides is 2. The number of nitriles is 1. The summed E-state index contributed by atoms with van der Waals surface area (Å²) >= 11 is 0. The standard InChI is InChI=1S/C37H47N3O4/c1-32(2)14-16-37(40-31(44)39-23-8-10-24(41)11-9-23)17-15-36(7)29(25(37)20-32)26(42)18-28-34(5)19-22(21-38)30(43)33(3,4)27(34)12-13-35(28,36)6/h8-11,18-19,25,27,29,41H,12-17,20H2,1-7H3,(H2,39,40,44). The first-order valence-corrected chi connectivity index (χ1v) is 16.3. The molecule has 1 aromatic rings. The number of phenols is 1. The number of ketones is 2. The van der Waals surface area contributed by atoms with Crippen LogP contribution in [0.15, 0.2) is 47.6 Å². The van der Waals surface area contributed by atoms with Gasteiger partial charge in [0.15, 0.2) is 11.6 Å². The Bertz CT molecular complexity index is 1550. The minimum absolute atomic E-state index is 0.00781. The maximum absolute atomic E-state index is 14.7. The molecule has 234 valence electrons. The molecule has 3 N–H and O–H groups in total. The number of hydrogen-bond donors (Lipinski definition) is 3. The molecule has 5 aliphatic carbocycles. The molecule has 3 fully saturated rings. The summed E-state index contributed by atoms with van der Waals surface area (Å²) in [5.74, 6) is -0.113. The Balaban J connectivity index is 1.42. The SMILES string of the molecule is CC1(C)CCC2(NC(=O)Nc3ccc(O)cc3)CCC3(C)C(C(=O)C=C4C5(C)C=C(C#N)C(=O)C(C)(C)C5CCC43C)C2C1. The number of aromatic hydroxyl groups is 1. The average molecular weight is 598 g/mol. The summed E-state index contributed by atoms with van der Waals surface area (Å²) in [6.45, 7) is 15.3. The van der Waals surface area contributed by atoms with Crippen LogP contribution in [-0.2, 0) is 9.59 Å². The first kappa shape index (κ1) is 30.6. The summed E-state index contributed by atoms with van der Waals surface area (Å²) in [4.78, 5) is 41.5. The molecule has 7 nitrogen and oxygen atoms in total. The number of carbonyl (C=O) groups excluding carboxylic acids is 3. The van der Waals surface area contributed by atoms with Gasteiger partial charge in [-0.1, -0.05) is 60.1 Å². The molecule has 0 radical (unpaired) electrons. The maximum Gasteiger partial charge on any atom is 0.319 e. The summed E-state index contributed by atoms with van der Waals surface area (Å²) < 4.78 is 0. The summed E-state index contributed by atoms with van der Waals surface area (Å²) in [7, 11) is 0. The van der Waals surface area contributed by atoms with E-state index in [9.17, 15) is 24.8 Å². The van der Waals surface area contributed by atoms with Crippen molar-refractivity contribution in [3.63, 3.8) is 0 Å². The zero-order valence-corrected chi connectivity index (χ0v) is 27.3. The quantitative estimate of drug-likeness (QED) is 0.305. The third kappa shape index (κ3) is 4.16. The van der Waals surface area contributed by atoms with Crippen LogP contribution < -0.4 is 10.6 Å². The number of phenolic OH excluding ortho intramolecular Hbond substituents is 1. The molecule has 7 atom stereocenters. The molecule has 0 aliphatic heterocycles. The van der Waals surface area contributed by atoms with Gasteiger partial charge in [-0.2, -0.15) is 5.26 Å². The number of urea groups is 1. The second-order valence-corrected chi connectivity index (χ2v) is 16.5. The Kier molecular flexibility index (Phi) is 6.65. The predicted octanol–water partition coefficient (Wildman–Crippen LogP) is 7.49. The number of benzene rings is 1. The normalized spacial score (nSPS) is 40.1. The average Bonchev–Trinajstić information content (AvgIpc) is 2.94. The molecule has 0 saturated heterocycles. The fraction of sp³-hybridized carbons (Fsp3) is 0.622. The van der Waals surface area contributed by atoms with Crippen LogP contribution in [0.5, 0.6) is 5.75 Å². The molecule has 0 aromatic heterocycles. The van der Waals surface area contributed by atoms with E-state index in [0.717, 1.165) is 50.5 Å².